The van der Waals surface area contributed by atoms with Gasteiger partial charge in [0.1, 0.15) is 0 Å². The first-order chi connectivity index (χ1) is 5.43. The highest BCUT2D eigenvalue weighted by atomic mass is 32.1. The second-order valence-electron chi connectivity index (χ2n) is 2.38. The van der Waals surface area contributed by atoms with E-state index in [4.69, 9.17) is 0 Å². The third-order valence-electron chi connectivity index (χ3n) is 1.39. The molecule has 1 heteroatoms. The van der Waals surface area contributed by atoms with Crippen LogP contribution in [0.2, 0.25) is 0 Å². The lowest BCUT2D eigenvalue weighted by atomic mass is 10.2. The summed E-state index contributed by atoms with van der Waals surface area (Å²) in [6.07, 6.45) is 3.49. The van der Waals surface area contributed by atoms with Crippen molar-refractivity contribution in [1.82, 2.24) is 0 Å². The molecule has 0 spiro atoms. The van der Waals surface area contributed by atoms with Gasteiger partial charge in [0.15, 0.2) is 0 Å². The van der Waals surface area contributed by atoms with E-state index in [1.54, 1.807) is 11.3 Å². The second-order valence-corrected chi connectivity index (χ2v) is 3.33. The molecule has 1 heterocycles. The quantitative estimate of drug-likeness (QED) is 0.465. The van der Waals surface area contributed by atoms with Crippen molar-refractivity contribution in [2.45, 2.75) is 26.2 Å². The van der Waals surface area contributed by atoms with Gasteiger partial charge in [-0.25, -0.2) is 0 Å². The predicted molar refractivity (Wildman–Crippen MR) is 50.7 cm³/mol. The largest absolute Gasteiger partial charge is 0.135 e. The Hall–Kier alpha value is -0.740. The maximum atomic E-state index is 3.15. The van der Waals surface area contributed by atoms with Crippen LogP contribution in [0.25, 0.3) is 0 Å². The van der Waals surface area contributed by atoms with Crippen LogP contribution in [0.4, 0.5) is 0 Å². The Labute approximate surface area is 72.3 Å². The van der Waals surface area contributed by atoms with E-state index in [0.29, 0.717) is 0 Å². The Morgan fingerprint density at radius 1 is 1.55 bits per heavy atom. The van der Waals surface area contributed by atoms with E-state index in [-0.39, 0.29) is 0 Å². The third-order valence-corrected chi connectivity index (χ3v) is 2.17. The van der Waals surface area contributed by atoms with Crippen LogP contribution in [0.1, 0.15) is 31.1 Å². The standard InChI is InChI=1S/C10H12S/c1-2-3-4-5-7-10-8-6-9-11-10/h6,8-9H,2-4H2,1H3. The van der Waals surface area contributed by atoms with E-state index < -0.39 is 0 Å². The zero-order valence-electron chi connectivity index (χ0n) is 6.76. The molecular weight excluding hydrogens is 152 g/mol. The van der Waals surface area contributed by atoms with Gasteiger partial charge in [0.2, 0.25) is 0 Å². The first-order valence-electron chi connectivity index (χ1n) is 3.96. The highest BCUT2D eigenvalue weighted by Crippen LogP contribution is 2.05. The van der Waals surface area contributed by atoms with Crippen molar-refractivity contribution >= 4 is 11.3 Å². The van der Waals surface area contributed by atoms with Crippen LogP contribution in [0.3, 0.4) is 0 Å². The molecule has 0 saturated heterocycles. The van der Waals surface area contributed by atoms with Gasteiger partial charge in [0.05, 0.1) is 4.88 Å². The lowest BCUT2D eigenvalue weighted by molar-refractivity contribution is 0.828. The number of rotatable bonds is 2. The Morgan fingerprint density at radius 2 is 2.45 bits per heavy atom. The van der Waals surface area contributed by atoms with Gasteiger partial charge < -0.3 is 0 Å². The Kier molecular flexibility index (Phi) is 3.79. The van der Waals surface area contributed by atoms with Crippen LogP contribution in [-0.4, -0.2) is 0 Å². The molecule has 0 amide bonds. The molecule has 58 valence electrons. The summed E-state index contributed by atoms with van der Waals surface area (Å²) >= 11 is 1.71. The van der Waals surface area contributed by atoms with Crippen molar-refractivity contribution in [2.24, 2.45) is 0 Å². The van der Waals surface area contributed by atoms with Gasteiger partial charge in [-0.1, -0.05) is 31.3 Å². The minimum atomic E-state index is 1.04. The second kappa shape index (κ2) is 4.98. The summed E-state index contributed by atoms with van der Waals surface area (Å²) in [7, 11) is 0. The van der Waals surface area contributed by atoms with Crippen molar-refractivity contribution in [1.29, 1.82) is 0 Å². The summed E-state index contributed by atoms with van der Waals surface area (Å²) in [5.74, 6) is 6.28. The van der Waals surface area contributed by atoms with Crippen molar-refractivity contribution in [3.05, 3.63) is 22.4 Å². The van der Waals surface area contributed by atoms with E-state index in [1.807, 2.05) is 6.07 Å². The minimum absolute atomic E-state index is 1.04. The molecule has 11 heavy (non-hydrogen) atoms. The van der Waals surface area contributed by atoms with Crippen molar-refractivity contribution in [3.8, 4) is 11.8 Å². The molecule has 0 aromatic carbocycles. The summed E-state index contributed by atoms with van der Waals surface area (Å²) in [6.45, 7) is 2.19. The van der Waals surface area contributed by atoms with Crippen LogP contribution < -0.4 is 0 Å². The van der Waals surface area contributed by atoms with E-state index in [2.05, 4.69) is 30.2 Å². The highest BCUT2D eigenvalue weighted by molar-refractivity contribution is 7.10. The number of thiophene rings is 1. The van der Waals surface area contributed by atoms with Crippen molar-refractivity contribution in [2.75, 3.05) is 0 Å². The Morgan fingerprint density at radius 3 is 3.09 bits per heavy atom. The molecule has 1 aromatic rings. The fraction of sp³-hybridized carbons (Fsp3) is 0.400. The molecule has 0 bridgehead atoms. The molecule has 0 aliphatic carbocycles. The number of unbranched alkanes of at least 4 members (excludes halogenated alkanes) is 2. The van der Waals surface area contributed by atoms with E-state index >= 15 is 0 Å². The van der Waals surface area contributed by atoms with Gasteiger partial charge in [-0.2, -0.15) is 0 Å². The van der Waals surface area contributed by atoms with Gasteiger partial charge >= 0.3 is 0 Å². The third kappa shape index (κ3) is 3.25. The lowest BCUT2D eigenvalue weighted by Gasteiger charge is -1.82. The van der Waals surface area contributed by atoms with Gasteiger partial charge in [0, 0.05) is 6.42 Å². The van der Waals surface area contributed by atoms with Crippen LogP contribution >= 0.6 is 11.3 Å². The summed E-state index contributed by atoms with van der Waals surface area (Å²) in [5.41, 5.74) is 0. The van der Waals surface area contributed by atoms with E-state index in [1.165, 1.54) is 17.7 Å². The van der Waals surface area contributed by atoms with Crippen LogP contribution in [-0.2, 0) is 0 Å². The van der Waals surface area contributed by atoms with Crippen LogP contribution in [0.5, 0.6) is 0 Å². The summed E-state index contributed by atoms with van der Waals surface area (Å²) in [5, 5.41) is 2.06. The van der Waals surface area contributed by atoms with Crippen molar-refractivity contribution in [3.63, 3.8) is 0 Å². The molecule has 0 fully saturated rings. The zero-order chi connectivity index (χ0) is 7.94. The molecule has 1 rings (SSSR count). The molecule has 1 aromatic heterocycles. The van der Waals surface area contributed by atoms with Gasteiger partial charge in [-0.05, 0) is 17.9 Å². The fourth-order valence-electron chi connectivity index (χ4n) is 0.764. The topological polar surface area (TPSA) is 0 Å². The Balaban J connectivity index is 2.33. The minimum Gasteiger partial charge on any atom is -0.135 e. The average molecular weight is 164 g/mol. The van der Waals surface area contributed by atoms with Crippen LogP contribution in [0, 0.1) is 11.8 Å². The smallest absolute Gasteiger partial charge is 0.0768 e. The Bertz CT molecular complexity index is 236. The SMILES string of the molecule is CCCCC#Cc1cccs1. The molecule has 0 aliphatic rings. The predicted octanol–water partition coefficient (Wildman–Crippen LogP) is 3.29. The van der Waals surface area contributed by atoms with Gasteiger partial charge in [-0.3, -0.25) is 0 Å². The van der Waals surface area contributed by atoms with Crippen molar-refractivity contribution < 1.29 is 0 Å². The van der Waals surface area contributed by atoms with E-state index in [9.17, 15) is 0 Å². The molecule has 0 aliphatic heterocycles. The molecule has 0 atom stereocenters. The normalized spacial score (nSPS) is 8.82. The molecule has 0 radical (unpaired) electrons. The zero-order valence-corrected chi connectivity index (χ0v) is 7.58. The molecule has 0 nitrogen and oxygen atoms in total. The summed E-state index contributed by atoms with van der Waals surface area (Å²) in [4.78, 5) is 1.18. The number of hydrogen-bond donors (Lipinski definition) is 0. The maximum absolute atomic E-state index is 3.15. The highest BCUT2D eigenvalue weighted by Gasteiger charge is 1.83. The molecule has 0 saturated carbocycles. The summed E-state index contributed by atoms with van der Waals surface area (Å²) < 4.78 is 0. The van der Waals surface area contributed by atoms with Crippen LogP contribution in [0.15, 0.2) is 17.5 Å². The maximum Gasteiger partial charge on any atom is 0.0768 e. The molecule has 0 N–H and O–H groups in total. The first-order valence-corrected chi connectivity index (χ1v) is 4.84. The van der Waals surface area contributed by atoms with Gasteiger partial charge in [-0.15, -0.1) is 11.3 Å². The fourth-order valence-corrected chi connectivity index (χ4v) is 1.36. The van der Waals surface area contributed by atoms with E-state index in [0.717, 1.165) is 6.42 Å². The lowest BCUT2D eigenvalue weighted by Crippen LogP contribution is -1.67. The number of hydrogen-bond acceptors (Lipinski definition) is 1. The monoisotopic (exact) mass is 164 g/mol. The molecular formula is C10H12S. The average Bonchev–Trinajstić information content (AvgIpc) is 2.50. The summed E-state index contributed by atoms with van der Waals surface area (Å²) in [6, 6.07) is 4.10. The molecule has 0 unspecified atom stereocenters. The van der Waals surface area contributed by atoms with Gasteiger partial charge in [0.25, 0.3) is 0 Å². The first kappa shape index (κ1) is 8.36.